The van der Waals surface area contributed by atoms with Crippen molar-refractivity contribution in [1.82, 2.24) is 9.88 Å². The molecule has 0 N–H and O–H groups in total. The third kappa shape index (κ3) is 5.30. The Morgan fingerprint density at radius 3 is 2.57 bits per heavy atom. The first-order valence-corrected chi connectivity index (χ1v) is 10.9. The van der Waals surface area contributed by atoms with Gasteiger partial charge < -0.3 is 19.1 Å². The van der Waals surface area contributed by atoms with Crippen LogP contribution in [-0.2, 0) is 9.53 Å². The molecule has 0 radical (unpaired) electrons. The number of benzene rings is 1. The lowest BCUT2D eigenvalue weighted by Crippen LogP contribution is -2.35. The first kappa shape index (κ1) is 22.1. The predicted molar refractivity (Wildman–Crippen MR) is 115 cm³/mol. The number of amides is 1. The second-order valence-corrected chi connectivity index (χ2v) is 8.25. The van der Waals surface area contributed by atoms with E-state index in [-0.39, 0.29) is 18.3 Å². The summed E-state index contributed by atoms with van der Waals surface area (Å²) in [5, 5.41) is 0.744. The largest absolute Gasteiger partial charge is 0.493 e. The van der Waals surface area contributed by atoms with E-state index in [1.54, 1.807) is 26.0 Å². The van der Waals surface area contributed by atoms with Gasteiger partial charge in [0.15, 0.2) is 11.5 Å². The number of carbonyl (C=O) groups is 2. The SMILES string of the molecule is CCOC(=O)CCN(CC1CC1)C(=O)c1sc(-c2ccc(OC)c(OC)c2)nc1C. The van der Waals surface area contributed by atoms with Crippen LogP contribution in [0, 0.1) is 12.8 Å². The molecule has 30 heavy (non-hydrogen) atoms. The zero-order valence-electron chi connectivity index (χ0n) is 17.9. The van der Waals surface area contributed by atoms with Crippen LogP contribution in [0.3, 0.4) is 0 Å². The van der Waals surface area contributed by atoms with Gasteiger partial charge in [0, 0.05) is 18.7 Å². The van der Waals surface area contributed by atoms with E-state index < -0.39 is 0 Å². The Morgan fingerprint density at radius 2 is 1.93 bits per heavy atom. The monoisotopic (exact) mass is 432 g/mol. The summed E-state index contributed by atoms with van der Waals surface area (Å²) in [6.45, 7) is 4.99. The van der Waals surface area contributed by atoms with Crippen molar-refractivity contribution in [3.63, 3.8) is 0 Å². The second-order valence-electron chi connectivity index (χ2n) is 7.25. The molecule has 0 bridgehead atoms. The Hall–Kier alpha value is -2.61. The molecule has 8 heteroatoms. The van der Waals surface area contributed by atoms with Crippen LogP contribution in [0.5, 0.6) is 11.5 Å². The number of rotatable bonds is 10. The maximum atomic E-state index is 13.3. The van der Waals surface area contributed by atoms with Gasteiger partial charge in [-0.2, -0.15) is 0 Å². The minimum atomic E-state index is -0.279. The van der Waals surface area contributed by atoms with Crippen molar-refractivity contribution < 1.29 is 23.8 Å². The highest BCUT2D eigenvalue weighted by Crippen LogP contribution is 2.36. The Balaban J connectivity index is 1.80. The van der Waals surface area contributed by atoms with Gasteiger partial charge in [-0.05, 0) is 50.8 Å². The van der Waals surface area contributed by atoms with E-state index in [0.717, 1.165) is 23.4 Å². The van der Waals surface area contributed by atoms with Crippen LogP contribution in [0.1, 0.15) is 41.6 Å². The molecule has 0 aliphatic heterocycles. The van der Waals surface area contributed by atoms with E-state index in [1.807, 2.05) is 25.1 Å². The van der Waals surface area contributed by atoms with Crippen LogP contribution in [0.25, 0.3) is 10.6 Å². The molecule has 0 saturated heterocycles. The van der Waals surface area contributed by atoms with Gasteiger partial charge in [0.05, 0.1) is 32.9 Å². The van der Waals surface area contributed by atoms with Crippen LogP contribution in [0.2, 0.25) is 0 Å². The average Bonchev–Trinajstić information content (AvgIpc) is 3.49. The number of hydrogen-bond acceptors (Lipinski definition) is 7. The number of carbonyl (C=O) groups excluding carboxylic acids is 2. The van der Waals surface area contributed by atoms with Crippen LogP contribution in [-0.4, -0.2) is 55.7 Å². The van der Waals surface area contributed by atoms with Crippen molar-refractivity contribution in [3.8, 4) is 22.1 Å². The Kier molecular flexibility index (Phi) is 7.31. The quantitative estimate of drug-likeness (QED) is 0.529. The number of hydrogen-bond donors (Lipinski definition) is 0. The van der Waals surface area contributed by atoms with Crippen molar-refractivity contribution in [2.45, 2.75) is 33.1 Å². The predicted octanol–water partition coefficient (Wildman–Crippen LogP) is 3.94. The Bertz CT molecular complexity index is 907. The van der Waals surface area contributed by atoms with E-state index >= 15 is 0 Å². The topological polar surface area (TPSA) is 78.0 Å². The number of methoxy groups -OCH3 is 2. The molecule has 1 amide bonds. The van der Waals surface area contributed by atoms with E-state index in [1.165, 1.54) is 11.3 Å². The highest BCUT2D eigenvalue weighted by molar-refractivity contribution is 7.17. The lowest BCUT2D eigenvalue weighted by Gasteiger charge is -2.21. The normalized spacial score (nSPS) is 13.1. The molecule has 0 atom stereocenters. The lowest BCUT2D eigenvalue weighted by molar-refractivity contribution is -0.143. The molecule has 0 unspecified atom stereocenters. The molecular weight excluding hydrogens is 404 g/mol. The summed E-state index contributed by atoms with van der Waals surface area (Å²) in [5.74, 6) is 1.42. The van der Waals surface area contributed by atoms with Gasteiger partial charge in [-0.25, -0.2) is 4.98 Å². The molecule has 7 nitrogen and oxygen atoms in total. The summed E-state index contributed by atoms with van der Waals surface area (Å²) in [4.78, 5) is 32.0. The van der Waals surface area contributed by atoms with E-state index in [2.05, 4.69) is 4.98 Å². The van der Waals surface area contributed by atoms with Crippen LogP contribution in [0.15, 0.2) is 18.2 Å². The average molecular weight is 433 g/mol. The van der Waals surface area contributed by atoms with Gasteiger partial charge in [0.1, 0.15) is 9.88 Å². The molecule has 1 heterocycles. The summed E-state index contributed by atoms with van der Waals surface area (Å²) in [6, 6.07) is 5.58. The summed E-state index contributed by atoms with van der Waals surface area (Å²) in [5.41, 5.74) is 1.55. The number of thiazole rings is 1. The number of esters is 1. The molecule has 1 saturated carbocycles. The zero-order chi connectivity index (χ0) is 21.7. The number of aromatic nitrogens is 1. The zero-order valence-corrected chi connectivity index (χ0v) is 18.7. The molecule has 1 fully saturated rings. The summed E-state index contributed by atoms with van der Waals surface area (Å²) in [7, 11) is 3.18. The fourth-order valence-corrected chi connectivity index (χ4v) is 4.21. The molecule has 1 aromatic heterocycles. The van der Waals surface area contributed by atoms with Crippen molar-refractivity contribution in [2.75, 3.05) is 33.9 Å². The van der Waals surface area contributed by atoms with Crippen molar-refractivity contribution in [3.05, 3.63) is 28.8 Å². The molecular formula is C22H28N2O5S. The first-order chi connectivity index (χ1) is 14.5. The minimum Gasteiger partial charge on any atom is -0.493 e. The standard InChI is InChI=1S/C22H28N2O5S/c1-5-29-19(25)10-11-24(13-15-6-7-15)22(26)20-14(2)23-21(30-20)16-8-9-17(27-3)18(12-16)28-4/h8-9,12,15H,5-7,10-11,13H2,1-4H3. The maximum Gasteiger partial charge on any atom is 0.307 e. The summed E-state index contributed by atoms with van der Waals surface area (Å²) < 4.78 is 15.7. The third-order valence-corrected chi connectivity index (χ3v) is 6.17. The summed E-state index contributed by atoms with van der Waals surface area (Å²) in [6.07, 6.45) is 2.45. The molecule has 162 valence electrons. The van der Waals surface area contributed by atoms with Crippen LogP contribution in [0.4, 0.5) is 0 Å². The molecule has 1 aromatic carbocycles. The highest BCUT2D eigenvalue weighted by Gasteiger charge is 2.29. The molecule has 1 aliphatic rings. The van der Waals surface area contributed by atoms with Crippen LogP contribution < -0.4 is 9.47 Å². The van der Waals surface area contributed by atoms with Crippen molar-refractivity contribution >= 4 is 23.2 Å². The van der Waals surface area contributed by atoms with E-state index in [0.29, 0.717) is 47.7 Å². The van der Waals surface area contributed by atoms with Crippen molar-refractivity contribution in [1.29, 1.82) is 0 Å². The number of ether oxygens (including phenoxy) is 3. The van der Waals surface area contributed by atoms with Gasteiger partial charge >= 0.3 is 5.97 Å². The Morgan fingerprint density at radius 1 is 1.20 bits per heavy atom. The second kappa shape index (κ2) is 9.93. The molecule has 3 rings (SSSR count). The molecule has 0 spiro atoms. The highest BCUT2D eigenvalue weighted by atomic mass is 32.1. The maximum absolute atomic E-state index is 13.3. The fourth-order valence-electron chi connectivity index (χ4n) is 3.18. The lowest BCUT2D eigenvalue weighted by atomic mass is 10.2. The first-order valence-electron chi connectivity index (χ1n) is 10.1. The number of nitrogens with zero attached hydrogens (tertiary/aromatic N) is 2. The van der Waals surface area contributed by atoms with Gasteiger partial charge in [-0.15, -0.1) is 11.3 Å². The fraction of sp³-hybridized carbons (Fsp3) is 0.500. The molecule has 1 aliphatic carbocycles. The van der Waals surface area contributed by atoms with Gasteiger partial charge in [0.25, 0.3) is 5.91 Å². The third-order valence-electron chi connectivity index (χ3n) is 4.98. The minimum absolute atomic E-state index is 0.0760. The number of aryl methyl sites for hydroxylation is 1. The van der Waals surface area contributed by atoms with Crippen molar-refractivity contribution in [2.24, 2.45) is 5.92 Å². The smallest absolute Gasteiger partial charge is 0.307 e. The van der Waals surface area contributed by atoms with Gasteiger partial charge in [-0.3, -0.25) is 9.59 Å². The van der Waals surface area contributed by atoms with E-state index in [4.69, 9.17) is 14.2 Å². The summed E-state index contributed by atoms with van der Waals surface area (Å²) >= 11 is 1.36. The van der Waals surface area contributed by atoms with Gasteiger partial charge in [0.2, 0.25) is 0 Å². The van der Waals surface area contributed by atoms with E-state index in [9.17, 15) is 9.59 Å². The van der Waals surface area contributed by atoms with Gasteiger partial charge in [-0.1, -0.05) is 0 Å². The van der Waals surface area contributed by atoms with Crippen LogP contribution >= 0.6 is 11.3 Å². The molecule has 2 aromatic rings. The Labute approximate surface area is 181 Å².